The number of benzene rings is 2. The lowest BCUT2D eigenvalue weighted by Crippen LogP contribution is -2.26. The molecule has 0 saturated heterocycles. The molecule has 0 unspecified atom stereocenters. The van der Waals surface area contributed by atoms with Crippen molar-refractivity contribution in [2.24, 2.45) is 5.73 Å². The summed E-state index contributed by atoms with van der Waals surface area (Å²) in [6.07, 6.45) is 17.2. The maximum absolute atomic E-state index is 11.7. The van der Waals surface area contributed by atoms with Crippen LogP contribution >= 0.6 is 21.6 Å². The van der Waals surface area contributed by atoms with E-state index in [-0.39, 0.29) is 17.6 Å². The van der Waals surface area contributed by atoms with Crippen LogP contribution in [0.3, 0.4) is 0 Å². The SMILES string of the molecule is C=C(/C=C\C=C/NCCCC(=O)NCCSSCCC)/C=C/c1ccccc1OC.C=Cc1ccccc1O.CCCC(N)=O. The standard InChI is InChI=1S/C24H34N2O2S2.C8H8O.C4H9NO/c1-4-19-29-30-20-18-26-24(27)13-9-17-25-16-8-7-10-21(2)14-15-22-11-5-6-12-23(22)28-3;1-2-7-5-3-4-6-8(7)9;1-2-3-4(5)6/h5-8,10-12,14-16,25H,2,4,9,13,17-20H2,1,3H3,(H,26,27);2-6,9H,1H2;2-3H2,1H3,(H2,5,6)/b10-7-,15-14+,16-8-;;. The van der Waals surface area contributed by atoms with E-state index in [0.29, 0.717) is 12.8 Å². The number of amides is 2. The number of phenolic OH excluding ortho intramolecular Hbond substituents is 1. The maximum atomic E-state index is 11.7. The first kappa shape index (κ1) is 41.2. The Bertz CT molecular complexity index is 1210. The maximum Gasteiger partial charge on any atom is 0.220 e. The zero-order chi connectivity index (χ0) is 33.5. The Morgan fingerprint density at radius 3 is 2.22 bits per heavy atom. The number of carbonyl (C=O) groups is 2. The second-order valence-corrected chi connectivity index (χ2v) is 12.1. The molecule has 0 spiro atoms. The molecule has 0 aliphatic heterocycles. The third-order valence-corrected chi connectivity index (χ3v) is 8.12. The van der Waals surface area contributed by atoms with Crippen molar-refractivity contribution in [3.05, 3.63) is 109 Å². The van der Waals surface area contributed by atoms with Crippen LogP contribution in [-0.4, -0.2) is 48.6 Å². The number of para-hydroxylation sites is 2. The summed E-state index contributed by atoms with van der Waals surface area (Å²) in [6.45, 7) is 13.2. The van der Waals surface area contributed by atoms with E-state index in [1.54, 1.807) is 25.3 Å². The number of phenols is 1. The van der Waals surface area contributed by atoms with E-state index >= 15 is 0 Å². The van der Waals surface area contributed by atoms with E-state index in [2.05, 4.69) is 30.7 Å². The highest BCUT2D eigenvalue weighted by Crippen LogP contribution is 2.21. The number of hydrogen-bond donors (Lipinski definition) is 4. The summed E-state index contributed by atoms with van der Waals surface area (Å²) in [6, 6.07) is 14.9. The molecule has 2 amide bonds. The summed E-state index contributed by atoms with van der Waals surface area (Å²) in [5.74, 6) is 3.17. The molecule has 0 bridgehead atoms. The molecular formula is C36H51N3O4S2. The first-order chi connectivity index (χ1) is 21.8. The van der Waals surface area contributed by atoms with Gasteiger partial charge >= 0.3 is 0 Å². The molecule has 5 N–H and O–H groups in total. The molecule has 0 saturated carbocycles. The smallest absolute Gasteiger partial charge is 0.220 e. The fourth-order valence-corrected chi connectivity index (χ4v) is 5.27. The number of nitrogens with two attached hydrogens (primary N) is 1. The monoisotopic (exact) mass is 653 g/mol. The average Bonchev–Trinajstić information content (AvgIpc) is 3.04. The van der Waals surface area contributed by atoms with Gasteiger partial charge in [0.25, 0.3) is 0 Å². The minimum absolute atomic E-state index is 0.125. The van der Waals surface area contributed by atoms with Gasteiger partial charge in [-0.2, -0.15) is 0 Å². The quantitative estimate of drug-likeness (QED) is 0.0692. The molecule has 0 aliphatic carbocycles. The van der Waals surface area contributed by atoms with Gasteiger partial charge in [0.15, 0.2) is 0 Å². The summed E-state index contributed by atoms with van der Waals surface area (Å²) < 4.78 is 5.33. The van der Waals surface area contributed by atoms with Gasteiger partial charge in [0, 0.05) is 48.6 Å². The van der Waals surface area contributed by atoms with Crippen molar-refractivity contribution in [1.82, 2.24) is 10.6 Å². The molecule has 0 fully saturated rings. The van der Waals surface area contributed by atoms with Crippen molar-refractivity contribution >= 4 is 45.6 Å². The zero-order valence-corrected chi connectivity index (χ0v) is 28.6. The Kier molecular flexibility index (Phi) is 26.5. The number of allylic oxidation sites excluding steroid dienone is 5. The lowest BCUT2D eigenvalue weighted by atomic mass is 10.1. The van der Waals surface area contributed by atoms with Gasteiger partial charge in [-0.3, -0.25) is 9.59 Å². The predicted molar refractivity (Wildman–Crippen MR) is 197 cm³/mol. The van der Waals surface area contributed by atoms with Crippen LogP contribution in [0.2, 0.25) is 0 Å². The minimum atomic E-state index is -0.211. The minimum Gasteiger partial charge on any atom is -0.507 e. The Hall–Kier alpha value is -3.82. The van der Waals surface area contributed by atoms with Gasteiger partial charge in [0.05, 0.1) is 7.11 Å². The average molecular weight is 654 g/mol. The second-order valence-electron chi connectivity index (χ2n) is 9.40. The largest absolute Gasteiger partial charge is 0.507 e. The first-order valence-corrected chi connectivity index (χ1v) is 17.5. The number of methoxy groups -OCH3 is 1. The molecule has 45 heavy (non-hydrogen) atoms. The molecule has 9 heteroatoms. The summed E-state index contributed by atoms with van der Waals surface area (Å²) >= 11 is 0. The Labute approximate surface area is 278 Å². The van der Waals surface area contributed by atoms with Crippen LogP contribution in [0.4, 0.5) is 0 Å². The number of aromatic hydroxyl groups is 1. The summed E-state index contributed by atoms with van der Waals surface area (Å²) in [4.78, 5) is 21.6. The molecule has 2 aromatic carbocycles. The van der Waals surface area contributed by atoms with Gasteiger partial charge < -0.3 is 26.2 Å². The van der Waals surface area contributed by atoms with Crippen molar-refractivity contribution in [2.45, 2.75) is 46.0 Å². The van der Waals surface area contributed by atoms with Gasteiger partial charge in [-0.05, 0) is 49.2 Å². The topological polar surface area (TPSA) is 114 Å². The van der Waals surface area contributed by atoms with Crippen molar-refractivity contribution in [3.63, 3.8) is 0 Å². The lowest BCUT2D eigenvalue weighted by Gasteiger charge is -2.05. The fraction of sp³-hybridized carbons (Fsp3) is 0.333. The molecule has 0 aliphatic rings. The molecule has 0 aromatic heterocycles. The molecule has 0 radical (unpaired) electrons. The number of ether oxygens (including phenoxy) is 1. The second kappa shape index (κ2) is 28.9. The molecule has 0 atom stereocenters. The summed E-state index contributed by atoms with van der Waals surface area (Å²) in [7, 11) is 5.36. The summed E-state index contributed by atoms with van der Waals surface area (Å²) in [5.41, 5.74) is 7.45. The Balaban J connectivity index is 0.00000105. The normalized spacial score (nSPS) is 10.5. The van der Waals surface area contributed by atoms with E-state index in [1.807, 2.05) is 101 Å². The zero-order valence-electron chi connectivity index (χ0n) is 27.0. The first-order valence-electron chi connectivity index (χ1n) is 15.0. The van der Waals surface area contributed by atoms with Crippen LogP contribution in [0.1, 0.15) is 57.1 Å². The highest BCUT2D eigenvalue weighted by atomic mass is 33.1. The van der Waals surface area contributed by atoms with Crippen LogP contribution in [0.25, 0.3) is 12.2 Å². The van der Waals surface area contributed by atoms with Crippen LogP contribution in [0, 0.1) is 0 Å². The molecule has 0 heterocycles. The van der Waals surface area contributed by atoms with Crippen molar-refractivity contribution < 1.29 is 19.4 Å². The van der Waals surface area contributed by atoms with Crippen LogP contribution in [0.5, 0.6) is 11.5 Å². The van der Waals surface area contributed by atoms with Crippen molar-refractivity contribution in [3.8, 4) is 11.5 Å². The molecule has 2 rings (SSSR count). The van der Waals surface area contributed by atoms with E-state index < -0.39 is 0 Å². The Morgan fingerprint density at radius 2 is 1.62 bits per heavy atom. The lowest BCUT2D eigenvalue weighted by molar-refractivity contribution is -0.121. The third-order valence-electron chi connectivity index (χ3n) is 5.51. The van der Waals surface area contributed by atoms with Crippen LogP contribution in [0.15, 0.2) is 97.8 Å². The van der Waals surface area contributed by atoms with Gasteiger partial charge in [-0.25, -0.2) is 0 Å². The van der Waals surface area contributed by atoms with E-state index in [1.165, 1.54) is 12.2 Å². The van der Waals surface area contributed by atoms with Gasteiger partial charge in [0.2, 0.25) is 11.8 Å². The Morgan fingerprint density at radius 1 is 0.933 bits per heavy atom. The van der Waals surface area contributed by atoms with E-state index in [0.717, 1.165) is 54.1 Å². The van der Waals surface area contributed by atoms with Crippen molar-refractivity contribution in [2.75, 3.05) is 31.7 Å². The predicted octanol–water partition coefficient (Wildman–Crippen LogP) is 7.92. The van der Waals surface area contributed by atoms with Gasteiger partial charge in [0.1, 0.15) is 11.5 Å². The van der Waals surface area contributed by atoms with Crippen LogP contribution in [-0.2, 0) is 9.59 Å². The molecular weight excluding hydrogens is 603 g/mol. The number of nitrogens with one attached hydrogen (secondary N) is 2. The van der Waals surface area contributed by atoms with Crippen LogP contribution < -0.4 is 21.1 Å². The van der Waals surface area contributed by atoms with E-state index in [4.69, 9.17) is 15.6 Å². The molecule has 7 nitrogen and oxygen atoms in total. The number of hydrogen-bond acceptors (Lipinski definition) is 7. The number of rotatable bonds is 19. The van der Waals surface area contributed by atoms with Gasteiger partial charge in [-0.15, -0.1) is 0 Å². The number of primary amides is 1. The third kappa shape index (κ3) is 24.2. The highest BCUT2D eigenvalue weighted by Gasteiger charge is 2.00. The van der Waals surface area contributed by atoms with E-state index in [9.17, 15) is 9.59 Å². The highest BCUT2D eigenvalue weighted by molar-refractivity contribution is 8.76. The summed E-state index contributed by atoms with van der Waals surface area (Å²) in [5, 5.41) is 15.2. The molecule has 246 valence electrons. The molecule has 2 aromatic rings. The fourth-order valence-electron chi connectivity index (χ4n) is 3.22. The number of carbonyl (C=O) groups excluding carboxylic acids is 2. The van der Waals surface area contributed by atoms with Gasteiger partial charge in [-0.1, -0.05) is 115 Å². The van der Waals surface area contributed by atoms with Crippen molar-refractivity contribution in [1.29, 1.82) is 0 Å².